The summed E-state index contributed by atoms with van der Waals surface area (Å²) in [7, 11) is -4.11. The van der Waals surface area contributed by atoms with Crippen LogP contribution in [0.25, 0.3) is 0 Å². The summed E-state index contributed by atoms with van der Waals surface area (Å²) in [6.45, 7) is -1.44. The van der Waals surface area contributed by atoms with E-state index in [9.17, 15) is 36.3 Å². The van der Waals surface area contributed by atoms with Gasteiger partial charge in [0, 0.05) is 16.6 Å². The molecule has 2 aromatic carbocycles. The topological polar surface area (TPSA) is 113 Å². The second-order valence-corrected chi connectivity index (χ2v) is 10.4. The first-order valence-corrected chi connectivity index (χ1v) is 12.3. The second kappa shape index (κ2) is 10.6. The SMILES string of the molecule is O=C(O)C[C@@H](NC(=O)[C@@H]1CCN1S(=O)(=O)c1cc(Cl)cc(Cl)c1)c1ccc(OCC(F)(F)F)cc1. The van der Waals surface area contributed by atoms with Crippen LogP contribution in [0.3, 0.4) is 0 Å². The van der Waals surface area contributed by atoms with Crippen LogP contribution < -0.4 is 10.1 Å². The van der Waals surface area contributed by atoms with E-state index >= 15 is 0 Å². The summed E-state index contributed by atoms with van der Waals surface area (Å²) < 4.78 is 68.5. The number of hydrogen-bond donors (Lipinski definition) is 2. The third-order valence-electron chi connectivity index (χ3n) is 5.10. The van der Waals surface area contributed by atoms with E-state index in [1.807, 2.05) is 0 Å². The molecule has 8 nitrogen and oxygen atoms in total. The van der Waals surface area contributed by atoms with Crippen molar-refractivity contribution >= 4 is 45.1 Å². The third-order valence-corrected chi connectivity index (χ3v) is 7.42. The Labute approximate surface area is 208 Å². The fraction of sp³-hybridized carbons (Fsp3) is 0.333. The third kappa shape index (κ3) is 7.00. The Morgan fingerprint density at radius 1 is 1.14 bits per heavy atom. The normalized spacial score (nSPS) is 17.3. The van der Waals surface area contributed by atoms with Crippen molar-refractivity contribution in [1.29, 1.82) is 0 Å². The molecule has 1 heterocycles. The lowest BCUT2D eigenvalue weighted by molar-refractivity contribution is -0.153. The van der Waals surface area contributed by atoms with E-state index in [1.54, 1.807) is 0 Å². The van der Waals surface area contributed by atoms with Crippen LogP contribution in [0.1, 0.15) is 24.4 Å². The molecule has 0 unspecified atom stereocenters. The van der Waals surface area contributed by atoms with E-state index in [0.717, 1.165) is 4.31 Å². The number of benzene rings is 2. The van der Waals surface area contributed by atoms with Gasteiger partial charge in [0.2, 0.25) is 15.9 Å². The lowest BCUT2D eigenvalue weighted by Crippen LogP contribution is -2.58. The number of rotatable bonds is 9. The molecule has 0 saturated carbocycles. The van der Waals surface area contributed by atoms with Crippen molar-refractivity contribution in [3.63, 3.8) is 0 Å². The largest absolute Gasteiger partial charge is 0.484 e. The van der Waals surface area contributed by atoms with E-state index in [2.05, 4.69) is 10.1 Å². The van der Waals surface area contributed by atoms with Gasteiger partial charge in [-0.2, -0.15) is 17.5 Å². The molecule has 0 spiro atoms. The first-order valence-electron chi connectivity index (χ1n) is 10.1. The monoisotopic (exact) mass is 554 g/mol. The minimum Gasteiger partial charge on any atom is -0.484 e. The zero-order chi connectivity index (χ0) is 26.0. The number of amides is 1. The number of carboxylic acids is 1. The molecule has 14 heteroatoms. The average Bonchev–Trinajstić information content (AvgIpc) is 2.69. The summed E-state index contributed by atoms with van der Waals surface area (Å²) in [4.78, 5) is 24.0. The van der Waals surface area contributed by atoms with E-state index in [-0.39, 0.29) is 39.2 Å². The quantitative estimate of drug-likeness (QED) is 0.484. The number of carbonyl (C=O) groups is 2. The molecule has 1 saturated heterocycles. The number of nitrogens with zero attached hydrogens (tertiary/aromatic N) is 1. The van der Waals surface area contributed by atoms with Gasteiger partial charge >= 0.3 is 12.1 Å². The molecule has 1 aliphatic heterocycles. The molecule has 0 bridgehead atoms. The maximum atomic E-state index is 13.0. The number of sulfonamides is 1. The Kier molecular flexibility index (Phi) is 8.20. The van der Waals surface area contributed by atoms with Crippen molar-refractivity contribution in [2.24, 2.45) is 0 Å². The number of aliphatic carboxylic acids is 1. The van der Waals surface area contributed by atoms with Crippen LogP contribution in [0.2, 0.25) is 10.0 Å². The lowest BCUT2D eigenvalue weighted by atomic mass is 10.0. The number of carboxylic acid groups (broad SMARTS) is 1. The van der Waals surface area contributed by atoms with Crippen LogP contribution in [-0.2, 0) is 19.6 Å². The van der Waals surface area contributed by atoms with Crippen LogP contribution in [-0.4, -0.2) is 55.1 Å². The van der Waals surface area contributed by atoms with Gasteiger partial charge in [-0.05, 0) is 42.3 Å². The zero-order valence-electron chi connectivity index (χ0n) is 17.8. The van der Waals surface area contributed by atoms with Crippen molar-refractivity contribution in [3.8, 4) is 5.75 Å². The van der Waals surface area contributed by atoms with Gasteiger partial charge in [0.05, 0.1) is 17.4 Å². The van der Waals surface area contributed by atoms with Gasteiger partial charge in [-0.25, -0.2) is 8.42 Å². The standard InChI is InChI=1S/C21H19Cl2F3N2O6S/c22-13-7-14(23)9-16(8-13)35(32,33)28-6-5-18(28)20(31)27-17(10-19(29)30)12-1-3-15(4-2-12)34-11-21(24,25)26/h1-4,7-9,17-18H,5-6,10-11H2,(H,27,31)(H,29,30)/t17-,18+/m1/s1. The zero-order valence-corrected chi connectivity index (χ0v) is 20.1. The van der Waals surface area contributed by atoms with Crippen molar-refractivity contribution in [2.45, 2.75) is 36.0 Å². The lowest BCUT2D eigenvalue weighted by Gasteiger charge is -2.39. The molecule has 190 valence electrons. The molecule has 3 rings (SSSR count). The van der Waals surface area contributed by atoms with E-state index < -0.39 is 53.2 Å². The number of nitrogens with one attached hydrogen (secondary N) is 1. The first-order chi connectivity index (χ1) is 16.3. The van der Waals surface area contributed by atoms with Crippen molar-refractivity contribution in [1.82, 2.24) is 9.62 Å². The molecule has 1 amide bonds. The van der Waals surface area contributed by atoms with Crippen LogP contribution in [0.15, 0.2) is 47.4 Å². The fourth-order valence-electron chi connectivity index (χ4n) is 3.38. The highest BCUT2D eigenvalue weighted by molar-refractivity contribution is 7.89. The minimum absolute atomic E-state index is 0.0550. The number of halogens is 5. The van der Waals surface area contributed by atoms with Crippen molar-refractivity contribution in [3.05, 3.63) is 58.1 Å². The average molecular weight is 555 g/mol. The summed E-state index contributed by atoms with van der Waals surface area (Å²) in [6.07, 6.45) is -4.87. The van der Waals surface area contributed by atoms with E-state index in [0.29, 0.717) is 0 Å². The van der Waals surface area contributed by atoms with Gasteiger partial charge < -0.3 is 15.2 Å². The Balaban J connectivity index is 1.74. The Morgan fingerprint density at radius 3 is 2.23 bits per heavy atom. The van der Waals surface area contributed by atoms with Crippen molar-refractivity contribution in [2.75, 3.05) is 13.2 Å². The summed E-state index contributed by atoms with van der Waals surface area (Å²) in [6, 6.07) is 6.67. The fourth-order valence-corrected chi connectivity index (χ4v) is 5.74. The minimum atomic E-state index is -4.52. The van der Waals surface area contributed by atoms with Gasteiger partial charge in [0.1, 0.15) is 11.8 Å². The molecule has 0 radical (unpaired) electrons. The van der Waals surface area contributed by atoms with Gasteiger partial charge in [-0.3, -0.25) is 9.59 Å². The molecule has 35 heavy (non-hydrogen) atoms. The number of ether oxygens (including phenoxy) is 1. The number of alkyl halides is 3. The van der Waals surface area contributed by atoms with E-state index in [1.165, 1.54) is 42.5 Å². The summed E-state index contributed by atoms with van der Waals surface area (Å²) in [5.74, 6) is -2.07. The summed E-state index contributed by atoms with van der Waals surface area (Å²) in [5, 5.41) is 12.0. The van der Waals surface area contributed by atoms with Crippen LogP contribution in [0.4, 0.5) is 13.2 Å². The smallest absolute Gasteiger partial charge is 0.422 e. The molecular formula is C21H19Cl2F3N2O6S. The highest BCUT2D eigenvalue weighted by atomic mass is 35.5. The van der Waals surface area contributed by atoms with Crippen LogP contribution in [0, 0.1) is 0 Å². The van der Waals surface area contributed by atoms with Crippen LogP contribution in [0.5, 0.6) is 5.75 Å². The summed E-state index contributed by atoms with van der Waals surface area (Å²) >= 11 is 11.8. The molecule has 2 aromatic rings. The van der Waals surface area contributed by atoms with Gasteiger partial charge in [-0.15, -0.1) is 0 Å². The van der Waals surface area contributed by atoms with E-state index in [4.69, 9.17) is 23.2 Å². The number of carbonyl (C=O) groups excluding carboxylic acids is 1. The molecule has 2 N–H and O–H groups in total. The van der Waals surface area contributed by atoms with Gasteiger partial charge in [0.15, 0.2) is 6.61 Å². The van der Waals surface area contributed by atoms with Crippen LogP contribution >= 0.6 is 23.2 Å². The van der Waals surface area contributed by atoms with Gasteiger partial charge in [0.25, 0.3) is 0 Å². The highest BCUT2D eigenvalue weighted by Crippen LogP contribution is 2.31. The molecule has 2 atom stereocenters. The Bertz CT molecular complexity index is 1190. The summed E-state index contributed by atoms with van der Waals surface area (Å²) in [5.41, 5.74) is 0.287. The van der Waals surface area contributed by atoms with Gasteiger partial charge in [-0.1, -0.05) is 35.3 Å². The highest BCUT2D eigenvalue weighted by Gasteiger charge is 2.43. The Hall–Kier alpha value is -2.54. The maximum absolute atomic E-state index is 13.0. The second-order valence-electron chi connectivity index (χ2n) is 7.66. The molecule has 1 aliphatic rings. The molecule has 0 aliphatic carbocycles. The predicted molar refractivity (Wildman–Crippen MR) is 120 cm³/mol. The molecular weight excluding hydrogens is 536 g/mol. The Morgan fingerprint density at radius 2 is 1.74 bits per heavy atom. The molecule has 0 aromatic heterocycles. The molecule has 1 fully saturated rings. The predicted octanol–water partition coefficient (Wildman–Crippen LogP) is 4.03. The first kappa shape index (κ1) is 27.1. The number of hydrogen-bond acceptors (Lipinski definition) is 5. The maximum Gasteiger partial charge on any atom is 0.422 e. The van der Waals surface area contributed by atoms with Crippen molar-refractivity contribution < 1.29 is 41.0 Å².